The van der Waals surface area contributed by atoms with Crippen LogP contribution in [0, 0.1) is 0 Å². The molecule has 1 heterocycles. The fraction of sp³-hybridized carbons (Fsp3) is 0.481. The highest BCUT2D eigenvalue weighted by Gasteiger charge is 2.25. The number of nitrogens with zero attached hydrogens (tertiary/aromatic N) is 1. The molecule has 1 saturated heterocycles. The summed E-state index contributed by atoms with van der Waals surface area (Å²) in [7, 11) is 0. The molecule has 0 radical (unpaired) electrons. The number of benzene rings is 2. The molecule has 1 N–H and O–H groups in total. The summed E-state index contributed by atoms with van der Waals surface area (Å²) >= 11 is 0. The van der Waals surface area contributed by atoms with Crippen molar-refractivity contribution in [1.82, 2.24) is 10.2 Å². The Hall–Kier alpha value is -2.62. The first-order valence-corrected chi connectivity index (χ1v) is 11.9. The highest BCUT2D eigenvalue weighted by molar-refractivity contribution is 5.94. The molecule has 0 unspecified atom stereocenters. The van der Waals surface area contributed by atoms with Crippen molar-refractivity contribution in [2.45, 2.75) is 69.7 Å². The van der Waals surface area contributed by atoms with E-state index in [9.17, 15) is 9.59 Å². The molecule has 0 bridgehead atoms. The van der Waals surface area contributed by atoms with Crippen LogP contribution in [0.1, 0.15) is 78.8 Å². The first-order valence-electron chi connectivity index (χ1n) is 11.9. The van der Waals surface area contributed by atoms with Gasteiger partial charge in [-0.15, -0.1) is 0 Å². The average molecular weight is 419 g/mol. The lowest BCUT2D eigenvalue weighted by molar-refractivity contribution is -0.122. The monoisotopic (exact) mass is 418 g/mol. The van der Waals surface area contributed by atoms with Gasteiger partial charge in [-0.25, -0.2) is 0 Å². The first kappa shape index (κ1) is 21.6. The number of likely N-dealkylation sites (tertiary alicyclic amines) is 1. The van der Waals surface area contributed by atoms with Crippen molar-refractivity contribution < 1.29 is 9.59 Å². The molecule has 164 valence electrons. The van der Waals surface area contributed by atoms with Crippen LogP contribution in [0.4, 0.5) is 0 Å². The molecule has 1 aliphatic carbocycles. The van der Waals surface area contributed by atoms with Gasteiger partial charge in [-0.3, -0.25) is 9.59 Å². The summed E-state index contributed by atoms with van der Waals surface area (Å²) in [5.41, 5.74) is 3.35. The van der Waals surface area contributed by atoms with Gasteiger partial charge in [0.05, 0.1) is 0 Å². The minimum Gasteiger partial charge on any atom is -0.353 e. The van der Waals surface area contributed by atoms with Gasteiger partial charge >= 0.3 is 0 Å². The third kappa shape index (κ3) is 5.96. The number of aryl methyl sites for hydroxylation is 1. The molecule has 4 heteroatoms. The van der Waals surface area contributed by atoms with E-state index in [1.54, 1.807) is 0 Å². The molecule has 2 fully saturated rings. The second-order valence-corrected chi connectivity index (χ2v) is 9.08. The zero-order valence-electron chi connectivity index (χ0n) is 18.4. The van der Waals surface area contributed by atoms with Gasteiger partial charge in [-0.1, -0.05) is 61.7 Å². The number of carbonyl (C=O) groups excluding carboxylic acids is 2. The molecular weight excluding hydrogens is 384 g/mol. The average Bonchev–Trinajstić information content (AvgIpc) is 2.84. The second-order valence-electron chi connectivity index (χ2n) is 9.08. The second kappa shape index (κ2) is 10.6. The van der Waals surface area contributed by atoms with Crippen LogP contribution in [0.3, 0.4) is 0 Å². The number of hydrogen-bond donors (Lipinski definition) is 1. The quantitative estimate of drug-likeness (QED) is 0.710. The molecule has 2 aromatic rings. The maximum atomic E-state index is 12.9. The van der Waals surface area contributed by atoms with Crippen LogP contribution in [0.5, 0.6) is 0 Å². The van der Waals surface area contributed by atoms with Crippen LogP contribution < -0.4 is 5.32 Å². The molecule has 2 aromatic carbocycles. The number of nitrogens with one attached hydrogen (secondary N) is 1. The lowest BCUT2D eigenvalue weighted by Gasteiger charge is -2.32. The van der Waals surface area contributed by atoms with E-state index in [1.807, 2.05) is 35.2 Å². The van der Waals surface area contributed by atoms with Crippen LogP contribution in [0.25, 0.3) is 0 Å². The summed E-state index contributed by atoms with van der Waals surface area (Å²) in [6.45, 7) is 1.40. The predicted molar refractivity (Wildman–Crippen MR) is 124 cm³/mol. The van der Waals surface area contributed by atoms with E-state index in [0.717, 1.165) is 24.8 Å². The number of carbonyl (C=O) groups is 2. The van der Waals surface area contributed by atoms with E-state index < -0.39 is 0 Å². The Kier molecular flexibility index (Phi) is 7.39. The highest BCUT2D eigenvalue weighted by atomic mass is 16.2. The number of rotatable bonds is 6. The molecule has 0 atom stereocenters. The van der Waals surface area contributed by atoms with E-state index in [1.165, 1.54) is 43.2 Å². The standard InChI is InChI=1S/C27H34N2O2/c30-26(16-11-21-7-3-1-4-8-21)28-25-17-19-29(20-18-25)27(31)24-14-12-23(13-15-24)22-9-5-2-6-10-22/h1,3-4,7-8,12-15,22,25H,2,5-6,9-11,16-20H2,(H,28,30). The molecule has 1 saturated carbocycles. The topological polar surface area (TPSA) is 49.4 Å². The van der Waals surface area contributed by atoms with E-state index in [4.69, 9.17) is 0 Å². The maximum Gasteiger partial charge on any atom is 0.253 e. The Labute approximate surface area is 186 Å². The van der Waals surface area contributed by atoms with Crippen molar-refractivity contribution in [2.75, 3.05) is 13.1 Å². The van der Waals surface area contributed by atoms with Crippen molar-refractivity contribution >= 4 is 11.8 Å². The van der Waals surface area contributed by atoms with E-state index in [-0.39, 0.29) is 17.9 Å². The molecule has 2 aliphatic rings. The van der Waals surface area contributed by atoms with Gasteiger partial charge in [0.2, 0.25) is 5.91 Å². The van der Waals surface area contributed by atoms with Crippen molar-refractivity contribution in [3.05, 3.63) is 71.3 Å². The van der Waals surface area contributed by atoms with Gasteiger partial charge in [-0.05, 0) is 61.3 Å². The molecule has 4 rings (SSSR count). The van der Waals surface area contributed by atoms with Crippen LogP contribution in [-0.4, -0.2) is 35.8 Å². The molecular formula is C27H34N2O2. The number of amides is 2. The van der Waals surface area contributed by atoms with Crippen LogP contribution in [0.2, 0.25) is 0 Å². The predicted octanol–water partition coefficient (Wildman–Crippen LogP) is 5.09. The van der Waals surface area contributed by atoms with Crippen LogP contribution in [0.15, 0.2) is 54.6 Å². The first-order chi connectivity index (χ1) is 15.2. The van der Waals surface area contributed by atoms with E-state index in [2.05, 4.69) is 29.6 Å². The lowest BCUT2D eigenvalue weighted by Crippen LogP contribution is -2.46. The minimum atomic E-state index is 0.104. The van der Waals surface area contributed by atoms with Crippen LogP contribution >= 0.6 is 0 Å². The third-order valence-corrected chi connectivity index (χ3v) is 6.87. The van der Waals surface area contributed by atoms with Crippen LogP contribution in [-0.2, 0) is 11.2 Å². The van der Waals surface area contributed by atoms with E-state index in [0.29, 0.717) is 25.4 Å². The molecule has 1 aliphatic heterocycles. The summed E-state index contributed by atoms with van der Waals surface area (Å²) in [5, 5.41) is 3.16. The summed E-state index contributed by atoms with van der Waals surface area (Å²) in [6, 6.07) is 18.6. The molecule has 0 aromatic heterocycles. The summed E-state index contributed by atoms with van der Waals surface area (Å²) in [6.07, 6.45) is 9.47. The number of piperidine rings is 1. The van der Waals surface area contributed by atoms with Gasteiger partial charge in [0, 0.05) is 31.1 Å². The summed E-state index contributed by atoms with van der Waals surface area (Å²) in [5.74, 6) is 0.884. The third-order valence-electron chi connectivity index (χ3n) is 6.87. The van der Waals surface area contributed by atoms with Gasteiger partial charge in [0.1, 0.15) is 0 Å². The zero-order chi connectivity index (χ0) is 21.5. The minimum absolute atomic E-state index is 0.104. The smallest absolute Gasteiger partial charge is 0.253 e. The summed E-state index contributed by atoms with van der Waals surface area (Å²) in [4.78, 5) is 27.1. The van der Waals surface area contributed by atoms with Crippen molar-refractivity contribution in [3.8, 4) is 0 Å². The van der Waals surface area contributed by atoms with Gasteiger partial charge < -0.3 is 10.2 Å². The van der Waals surface area contributed by atoms with Gasteiger partial charge in [-0.2, -0.15) is 0 Å². The van der Waals surface area contributed by atoms with Crippen molar-refractivity contribution in [3.63, 3.8) is 0 Å². The van der Waals surface area contributed by atoms with E-state index >= 15 is 0 Å². The Morgan fingerprint density at radius 3 is 2.19 bits per heavy atom. The zero-order valence-corrected chi connectivity index (χ0v) is 18.4. The Morgan fingerprint density at radius 2 is 1.52 bits per heavy atom. The van der Waals surface area contributed by atoms with Crippen molar-refractivity contribution in [1.29, 1.82) is 0 Å². The fourth-order valence-electron chi connectivity index (χ4n) is 4.95. The Morgan fingerprint density at radius 1 is 0.839 bits per heavy atom. The normalized spacial score (nSPS) is 18.0. The van der Waals surface area contributed by atoms with Gasteiger partial charge in [0.25, 0.3) is 5.91 Å². The fourth-order valence-corrected chi connectivity index (χ4v) is 4.95. The SMILES string of the molecule is O=C(CCc1ccccc1)NC1CCN(C(=O)c2ccc(C3CCCCC3)cc2)CC1. The molecule has 0 spiro atoms. The highest BCUT2D eigenvalue weighted by Crippen LogP contribution is 2.32. The number of hydrogen-bond acceptors (Lipinski definition) is 2. The largest absolute Gasteiger partial charge is 0.353 e. The molecule has 4 nitrogen and oxygen atoms in total. The lowest BCUT2D eigenvalue weighted by atomic mass is 9.84. The Bertz CT molecular complexity index is 849. The maximum absolute atomic E-state index is 12.9. The molecule has 31 heavy (non-hydrogen) atoms. The van der Waals surface area contributed by atoms with Gasteiger partial charge in [0.15, 0.2) is 0 Å². The molecule has 2 amide bonds. The summed E-state index contributed by atoms with van der Waals surface area (Å²) < 4.78 is 0. The Balaban J connectivity index is 1.21. The van der Waals surface area contributed by atoms with Crippen molar-refractivity contribution in [2.24, 2.45) is 0 Å².